The average molecular weight is 335 g/mol. The maximum atomic E-state index is 11.5. The fourth-order valence-corrected chi connectivity index (χ4v) is 2.37. The minimum Gasteiger partial charge on any atom is -0.381 e. The SMILES string of the molecule is CC(=O)c1cnc2ccc(CNc3nc(C(C)=O)cnc3N)cc2c1. The number of benzene rings is 1. The fourth-order valence-electron chi connectivity index (χ4n) is 2.37. The number of rotatable bonds is 5. The van der Waals surface area contributed by atoms with E-state index in [0.29, 0.717) is 17.9 Å². The molecule has 25 heavy (non-hydrogen) atoms. The summed E-state index contributed by atoms with van der Waals surface area (Å²) < 4.78 is 0. The van der Waals surface area contributed by atoms with Crippen molar-refractivity contribution in [2.24, 2.45) is 0 Å². The molecule has 3 aromatic rings. The van der Waals surface area contributed by atoms with Gasteiger partial charge in [0.2, 0.25) is 0 Å². The summed E-state index contributed by atoms with van der Waals surface area (Å²) in [6, 6.07) is 7.57. The number of hydrogen-bond acceptors (Lipinski definition) is 7. The Kier molecular flexibility index (Phi) is 4.38. The van der Waals surface area contributed by atoms with E-state index in [0.717, 1.165) is 16.5 Å². The summed E-state index contributed by atoms with van der Waals surface area (Å²) in [5.41, 5.74) is 8.40. The van der Waals surface area contributed by atoms with Gasteiger partial charge in [-0.15, -0.1) is 0 Å². The van der Waals surface area contributed by atoms with Crippen LogP contribution >= 0.6 is 0 Å². The van der Waals surface area contributed by atoms with E-state index >= 15 is 0 Å². The Morgan fingerprint density at radius 3 is 2.60 bits per heavy atom. The zero-order chi connectivity index (χ0) is 18.0. The first-order valence-corrected chi connectivity index (χ1v) is 7.71. The second-order valence-electron chi connectivity index (χ2n) is 5.71. The highest BCUT2D eigenvalue weighted by molar-refractivity contribution is 5.97. The molecule has 2 aromatic heterocycles. The molecule has 0 aliphatic carbocycles. The molecule has 7 nitrogen and oxygen atoms in total. The molecule has 2 heterocycles. The van der Waals surface area contributed by atoms with Crippen LogP contribution in [-0.2, 0) is 6.54 Å². The first kappa shape index (κ1) is 16.5. The second-order valence-corrected chi connectivity index (χ2v) is 5.71. The molecule has 0 saturated carbocycles. The molecule has 7 heteroatoms. The summed E-state index contributed by atoms with van der Waals surface area (Å²) >= 11 is 0. The Balaban J connectivity index is 1.85. The van der Waals surface area contributed by atoms with E-state index < -0.39 is 0 Å². The molecular weight excluding hydrogens is 318 g/mol. The van der Waals surface area contributed by atoms with Crippen LogP contribution in [0, 0.1) is 0 Å². The minimum absolute atomic E-state index is 0.0259. The number of aromatic nitrogens is 3. The molecule has 0 unspecified atom stereocenters. The van der Waals surface area contributed by atoms with Gasteiger partial charge in [-0.1, -0.05) is 6.07 Å². The van der Waals surface area contributed by atoms with Crippen molar-refractivity contribution in [3.8, 4) is 0 Å². The molecule has 0 amide bonds. The van der Waals surface area contributed by atoms with Crippen molar-refractivity contribution >= 4 is 34.1 Å². The maximum Gasteiger partial charge on any atom is 0.179 e. The minimum atomic E-state index is -0.177. The number of nitrogen functional groups attached to an aromatic ring is 1. The van der Waals surface area contributed by atoms with Gasteiger partial charge in [0.05, 0.1) is 11.7 Å². The average Bonchev–Trinajstić information content (AvgIpc) is 2.60. The van der Waals surface area contributed by atoms with E-state index in [9.17, 15) is 9.59 Å². The van der Waals surface area contributed by atoms with Gasteiger partial charge in [0, 0.05) is 30.6 Å². The summed E-state index contributed by atoms with van der Waals surface area (Å²) in [4.78, 5) is 35.4. The molecule has 1 aromatic carbocycles. The van der Waals surface area contributed by atoms with Gasteiger partial charge in [-0.3, -0.25) is 14.6 Å². The Morgan fingerprint density at radius 2 is 1.88 bits per heavy atom. The lowest BCUT2D eigenvalue weighted by Gasteiger charge is -2.09. The summed E-state index contributed by atoms with van der Waals surface area (Å²) in [5.74, 6) is 0.390. The smallest absolute Gasteiger partial charge is 0.179 e. The Bertz CT molecular complexity index is 984. The lowest BCUT2D eigenvalue weighted by molar-refractivity contribution is 0.100. The molecule has 126 valence electrons. The first-order valence-electron chi connectivity index (χ1n) is 7.71. The highest BCUT2D eigenvalue weighted by atomic mass is 16.1. The Hall–Kier alpha value is -3.35. The summed E-state index contributed by atoms with van der Waals surface area (Å²) in [5, 5.41) is 3.97. The number of nitrogens with two attached hydrogens (primary N) is 1. The molecule has 0 aliphatic rings. The van der Waals surface area contributed by atoms with Crippen LogP contribution in [0.15, 0.2) is 36.7 Å². The topological polar surface area (TPSA) is 111 Å². The van der Waals surface area contributed by atoms with Crippen LogP contribution < -0.4 is 11.1 Å². The first-order chi connectivity index (χ1) is 11.9. The van der Waals surface area contributed by atoms with Crippen LogP contribution in [0.4, 0.5) is 11.6 Å². The van der Waals surface area contributed by atoms with Crippen LogP contribution in [0.1, 0.15) is 40.3 Å². The predicted octanol–water partition coefficient (Wildman–Crippen LogP) is 2.62. The standard InChI is InChI=1S/C18H17N5O2/c1-10(24)14-6-13-5-12(3-4-15(13)20-8-14)7-22-18-17(19)21-9-16(23-18)11(2)25/h3-6,8-9H,7H2,1-2H3,(H2,19,21)(H,22,23). The third-order valence-electron chi connectivity index (χ3n) is 3.77. The van der Waals surface area contributed by atoms with Crippen molar-refractivity contribution in [3.63, 3.8) is 0 Å². The Morgan fingerprint density at radius 1 is 1.08 bits per heavy atom. The number of nitrogens with one attached hydrogen (secondary N) is 1. The van der Waals surface area contributed by atoms with E-state index in [1.54, 1.807) is 6.20 Å². The van der Waals surface area contributed by atoms with Gasteiger partial charge in [-0.25, -0.2) is 9.97 Å². The number of hydrogen-bond donors (Lipinski definition) is 2. The van der Waals surface area contributed by atoms with Gasteiger partial charge in [0.15, 0.2) is 23.2 Å². The van der Waals surface area contributed by atoms with Crippen LogP contribution in [0.5, 0.6) is 0 Å². The highest BCUT2D eigenvalue weighted by Crippen LogP contribution is 2.18. The van der Waals surface area contributed by atoms with E-state index in [4.69, 9.17) is 5.73 Å². The zero-order valence-corrected chi connectivity index (χ0v) is 13.9. The van der Waals surface area contributed by atoms with Crippen molar-refractivity contribution in [1.29, 1.82) is 0 Å². The maximum absolute atomic E-state index is 11.5. The second kappa shape index (κ2) is 6.64. The Labute approximate surface area is 144 Å². The van der Waals surface area contributed by atoms with Gasteiger partial charge < -0.3 is 11.1 Å². The highest BCUT2D eigenvalue weighted by Gasteiger charge is 2.08. The van der Waals surface area contributed by atoms with Crippen molar-refractivity contribution in [3.05, 3.63) is 53.5 Å². The van der Waals surface area contributed by atoms with Gasteiger partial charge in [0.25, 0.3) is 0 Å². The van der Waals surface area contributed by atoms with E-state index in [2.05, 4.69) is 20.3 Å². The monoisotopic (exact) mass is 335 g/mol. The number of carbonyl (C=O) groups is 2. The number of carbonyl (C=O) groups excluding carboxylic acids is 2. The predicted molar refractivity (Wildman–Crippen MR) is 95.5 cm³/mol. The lowest BCUT2D eigenvalue weighted by Crippen LogP contribution is -2.09. The number of Topliss-reactive ketones (excluding diaryl/α,β-unsaturated/α-hetero) is 2. The number of fused-ring (bicyclic) bond motifs is 1. The van der Waals surface area contributed by atoms with Crippen LogP contribution in [0.2, 0.25) is 0 Å². The quantitative estimate of drug-likeness (QED) is 0.689. The summed E-state index contributed by atoms with van der Waals surface area (Å²) in [6.07, 6.45) is 2.93. The lowest BCUT2D eigenvalue weighted by atomic mass is 10.1. The fraction of sp³-hybridized carbons (Fsp3) is 0.167. The van der Waals surface area contributed by atoms with Gasteiger partial charge in [0.1, 0.15) is 5.69 Å². The van der Waals surface area contributed by atoms with Gasteiger partial charge in [-0.05, 0) is 30.7 Å². The molecule has 3 rings (SSSR count). The van der Waals surface area contributed by atoms with E-state index in [1.807, 2.05) is 24.3 Å². The molecular formula is C18H17N5O2. The van der Waals surface area contributed by atoms with Crippen LogP contribution in [-0.4, -0.2) is 26.5 Å². The largest absolute Gasteiger partial charge is 0.381 e. The third kappa shape index (κ3) is 3.60. The van der Waals surface area contributed by atoms with Crippen molar-refractivity contribution in [2.75, 3.05) is 11.1 Å². The summed E-state index contributed by atoms with van der Waals surface area (Å²) in [6.45, 7) is 3.38. The normalized spacial score (nSPS) is 10.6. The third-order valence-corrected chi connectivity index (χ3v) is 3.77. The molecule has 0 fully saturated rings. The zero-order valence-electron chi connectivity index (χ0n) is 13.9. The van der Waals surface area contributed by atoms with Crippen molar-refractivity contribution in [1.82, 2.24) is 15.0 Å². The summed E-state index contributed by atoms with van der Waals surface area (Å²) in [7, 11) is 0. The van der Waals surface area contributed by atoms with Gasteiger partial charge >= 0.3 is 0 Å². The van der Waals surface area contributed by atoms with Crippen LogP contribution in [0.3, 0.4) is 0 Å². The number of anilines is 2. The van der Waals surface area contributed by atoms with E-state index in [1.165, 1.54) is 20.0 Å². The van der Waals surface area contributed by atoms with Crippen LogP contribution in [0.25, 0.3) is 10.9 Å². The van der Waals surface area contributed by atoms with E-state index in [-0.39, 0.29) is 23.1 Å². The molecule has 0 atom stereocenters. The molecule has 0 aliphatic heterocycles. The molecule has 3 N–H and O–H groups in total. The molecule has 0 radical (unpaired) electrons. The molecule has 0 saturated heterocycles. The number of nitrogens with zero attached hydrogens (tertiary/aromatic N) is 3. The molecule has 0 bridgehead atoms. The van der Waals surface area contributed by atoms with Crippen molar-refractivity contribution in [2.45, 2.75) is 20.4 Å². The van der Waals surface area contributed by atoms with Gasteiger partial charge in [-0.2, -0.15) is 0 Å². The molecule has 0 spiro atoms. The van der Waals surface area contributed by atoms with Crippen molar-refractivity contribution < 1.29 is 9.59 Å². The number of pyridine rings is 1. The number of ketones is 2.